The second-order valence-corrected chi connectivity index (χ2v) is 11.6. The van der Waals surface area contributed by atoms with Gasteiger partial charge in [0.25, 0.3) is 15.9 Å². The summed E-state index contributed by atoms with van der Waals surface area (Å²) in [6, 6.07) is 12.0. The van der Waals surface area contributed by atoms with Gasteiger partial charge in [0.15, 0.2) is 6.61 Å². The van der Waals surface area contributed by atoms with Crippen LogP contribution in [0.15, 0.2) is 64.8 Å². The summed E-state index contributed by atoms with van der Waals surface area (Å²) in [4.78, 5) is 8.39. The summed E-state index contributed by atoms with van der Waals surface area (Å²) < 4.78 is 73.9. The number of rotatable bonds is 9. The number of halogens is 2. The largest absolute Gasteiger partial charge is 0.761 e. The van der Waals surface area contributed by atoms with Gasteiger partial charge in [-0.05, 0) is 49.7 Å². The van der Waals surface area contributed by atoms with E-state index in [0.717, 1.165) is 10.9 Å². The quantitative estimate of drug-likeness (QED) is 0.302. The first-order valence-electron chi connectivity index (χ1n) is 11.0. The fourth-order valence-electron chi connectivity index (χ4n) is 3.65. The number of aromatic nitrogens is 3. The monoisotopic (exact) mass is 549 g/mol. The van der Waals surface area contributed by atoms with E-state index in [1.807, 2.05) is 0 Å². The van der Waals surface area contributed by atoms with Crippen molar-refractivity contribution in [2.45, 2.75) is 42.5 Å². The second-order valence-electron chi connectivity index (χ2n) is 8.46. The minimum Gasteiger partial charge on any atom is -0.761 e. The van der Waals surface area contributed by atoms with Crippen LogP contribution in [0.2, 0.25) is 0 Å². The number of benzene rings is 2. The van der Waals surface area contributed by atoms with Crippen LogP contribution >= 0.6 is 0 Å². The maximum Gasteiger partial charge on any atom is 0.278 e. The van der Waals surface area contributed by atoms with Crippen molar-refractivity contribution in [3.8, 4) is 5.75 Å². The first-order valence-corrected chi connectivity index (χ1v) is 13.7. The third kappa shape index (κ3) is 5.48. The Morgan fingerprint density at radius 2 is 1.89 bits per heavy atom. The molecule has 1 atom stereocenters. The van der Waals surface area contributed by atoms with Crippen LogP contribution in [0.1, 0.15) is 23.7 Å². The molecule has 2 aromatic heterocycles. The molecule has 0 amide bonds. The molecule has 0 spiro atoms. The molecule has 0 radical (unpaired) electrons. The van der Waals surface area contributed by atoms with Crippen LogP contribution < -0.4 is 10.2 Å². The molecule has 9 nitrogen and oxygen atoms in total. The molecule has 4 aromatic rings. The molecule has 1 N–H and O–H groups in total. The second kappa shape index (κ2) is 10.1. The summed E-state index contributed by atoms with van der Waals surface area (Å²) in [6.45, 7) is 3.06. The molecule has 1 unspecified atom stereocenters. The summed E-state index contributed by atoms with van der Waals surface area (Å²) in [5.74, 6) is -3.14. The van der Waals surface area contributed by atoms with Crippen LogP contribution in [0.3, 0.4) is 0 Å². The molecule has 0 saturated heterocycles. The average Bonchev–Trinajstić information content (AvgIpc) is 3.25. The van der Waals surface area contributed by atoms with Gasteiger partial charge in [-0.15, -0.1) is 0 Å². The molecule has 2 heterocycles. The number of hydrogen-bond acceptors (Lipinski definition) is 8. The topological polar surface area (TPSA) is 126 Å². The van der Waals surface area contributed by atoms with Gasteiger partial charge in [-0.25, -0.2) is 26.2 Å². The molecule has 2 aromatic carbocycles. The van der Waals surface area contributed by atoms with Crippen molar-refractivity contribution in [1.29, 1.82) is 0 Å². The zero-order chi connectivity index (χ0) is 27.0. The third-order valence-corrected chi connectivity index (χ3v) is 8.70. The van der Waals surface area contributed by atoms with E-state index in [0.29, 0.717) is 16.6 Å². The van der Waals surface area contributed by atoms with Crippen LogP contribution in [-0.2, 0) is 26.6 Å². The molecule has 0 bridgehead atoms. The van der Waals surface area contributed by atoms with Gasteiger partial charge in [0.1, 0.15) is 5.75 Å². The number of aryl methyl sites for hydroxylation is 1. The Balaban J connectivity index is 1.79. The summed E-state index contributed by atoms with van der Waals surface area (Å²) >= 11 is 0. The number of imidazole rings is 1. The van der Waals surface area contributed by atoms with Gasteiger partial charge in [-0.1, -0.05) is 18.2 Å². The Bertz CT molecular complexity index is 1600. The molecule has 37 heavy (non-hydrogen) atoms. The molecule has 196 valence electrons. The Morgan fingerprint density at radius 3 is 2.59 bits per heavy atom. The summed E-state index contributed by atoms with van der Waals surface area (Å²) in [5, 5.41) is 10.9. The Labute approximate surface area is 214 Å². The summed E-state index contributed by atoms with van der Waals surface area (Å²) in [6.07, 6.45) is 1.34. The fraction of sp³-hybridized carbons (Fsp3) is 0.250. The Hall–Kier alpha value is -3.42. The highest BCUT2D eigenvalue weighted by molar-refractivity contribution is 7.91. The average molecular weight is 550 g/mol. The van der Waals surface area contributed by atoms with Crippen LogP contribution in [0.25, 0.3) is 11.0 Å². The molecule has 0 aliphatic rings. The number of ether oxygens (including phenoxy) is 1. The molecule has 0 fully saturated rings. The molecular formula is C24H23F2N4O5S2-. The predicted octanol–water partition coefficient (Wildman–Crippen LogP) is 4.54. The maximum absolute atomic E-state index is 13.8. The van der Waals surface area contributed by atoms with E-state index in [-0.39, 0.29) is 38.5 Å². The van der Waals surface area contributed by atoms with Gasteiger partial charge in [0, 0.05) is 24.4 Å². The van der Waals surface area contributed by atoms with Crippen LogP contribution in [0.4, 0.5) is 14.5 Å². The first kappa shape index (κ1) is 26.6. The first-order chi connectivity index (χ1) is 17.4. The van der Waals surface area contributed by atoms with E-state index in [9.17, 15) is 26.6 Å². The minimum atomic E-state index is -4.34. The van der Waals surface area contributed by atoms with E-state index in [4.69, 9.17) is 4.74 Å². The fourth-order valence-corrected chi connectivity index (χ4v) is 6.95. The lowest BCUT2D eigenvalue weighted by Crippen LogP contribution is -2.21. The number of anilines is 1. The highest BCUT2D eigenvalue weighted by Gasteiger charge is 2.29. The molecule has 13 heteroatoms. The summed E-state index contributed by atoms with van der Waals surface area (Å²) in [5.41, 5.74) is 3.29. The highest BCUT2D eigenvalue weighted by Crippen LogP contribution is 2.30. The number of nitrogens with one attached hydrogen (secondary N) is 1. The maximum atomic E-state index is 13.8. The number of fused-ring (bicyclic) bond motifs is 1. The standard InChI is InChI=1S/C24H23F2N4O5S2/c1-15-8-9-17(29-31)12-22(15)37(33,34)30-20-7-5-4-6-18(20)28-23(30)36(32)13-19-16(2)21(10-11-27-19)35-14-24(3,25)26/h4-12,29H,13-14H2,1-3H3/q-1. The van der Waals surface area contributed by atoms with Crippen molar-refractivity contribution >= 4 is 37.5 Å². The number of para-hydroxylation sites is 2. The van der Waals surface area contributed by atoms with Crippen LogP contribution in [0.5, 0.6) is 5.75 Å². The van der Waals surface area contributed by atoms with E-state index in [2.05, 4.69) is 9.97 Å². The zero-order valence-corrected chi connectivity index (χ0v) is 21.7. The predicted molar refractivity (Wildman–Crippen MR) is 136 cm³/mol. The third-order valence-electron chi connectivity index (χ3n) is 5.53. The van der Waals surface area contributed by atoms with Crippen LogP contribution in [-0.4, -0.2) is 39.1 Å². The normalized spacial score (nSPS) is 13.0. The van der Waals surface area contributed by atoms with E-state index in [1.165, 1.54) is 36.5 Å². The lowest BCUT2D eigenvalue weighted by Gasteiger charge is -2.16. The van der Waals surface area contributed by atoms with Gasteiger partial charge in [0.05, 0.1) is 38.2 Å². The Morgan fingerprint density at radius 1 is 1.16 bits per heavy atom. The molecule has 0 aliphatic heterocycles. The van der Waals surface area contributed by atoms with Gasteiger partial charge < -0.3 is 15.4 Å². The summed E-state index contributed by atoms with van der Waals surface area (Å²) in [7, 11) is -6.37. The van der Waals surface area contributed by atoms with Gasteiger partial charge in [-0.3, -0.25) is 9.19 Å². The molecule has 0 aliphatic carbocycles. The number of pyridine rings is 1. The van der Waals surface area contributed by atoms with E-state index < -0.39 is 33.4 Å². The molecular weight excluding hydrogens is 526 g/mol. The highest BCUT2D eigenvalue weighted by atomic mass is 32.2. The number of alkyl halides is 2. The smallest absolute Gasteiger partial charge is 0.278 e. The number of hydrogen-bond donors (Lipinski definition) is 1. The van der Waals surface area contributed by atoms with Gasteiger partial charge >= 0.3 is 0 Å². The van der Waals surface area contributed by atoms with Gasteiger partial charge in [0.2, 0.25) is 5.16 Å². The minimum absolute atomic E-state index is 0.0468. The van der Waals surface area contributed by atoms with Gasteiger partial charge in [-0.2, -0.15) is 0 Å². The Kier molecular flexibility index (Phi) is 7.31. The zero-order valence-electron chi connectivity index (χ0n) is 20.1. The van der Waals surface area contributed by atoms with Crippen molar-refractivity contribution in [2.24, 2.45) is 0 Å². The van der Waals surface area contributed by atoms with E-state index in [1.54, 1.807) is 37.5 Å². The number of nitrogens with zero attached hydrogens (tertiary/aromatic N) is 3. The van der Waals surface area contributed by atoms with Crippen molar-refractivity contribution < 1.29 is 26.1 Å². The lowest BCUT2D eigenvalue weighted by molar-refractivity contribution is -0.0231. The van der Waals surface area contributed by atoms with Crippen molar-refractivity contribution in [1.82, 2.24) is 13.9 Å². The SMILES string of the molecule is Cc1ccc(N[O-])cc1S(=O)(=O)n1c(S(=O)Cc2nccc(OCC(C)(F)F)c2C)nc2ccccc21. The molecule has 0 saturated carbocycles. The van der Waals surface area contributed by atoms with Crippen molar-refractivity contribution in [3.63, 3.8) is 0 Å². The van der Waals surface area contributed by atoms with Crippen molar-refractivity contribution in [2.75, 3.05) is 12.1 Å². The van der Waals surface area contributed by atoms with Crippen LogP contribution in [0, 0.1) is 19.1 Å². The van der Waals surface area contributed by atoms with E-state index >= 15 is 0 Å². The lowest BCUT2D eigenvalue weighted by atomic mass is 10.2. The van der Waals surface area contributed by atoms with Crippen molar-refractivity contribution in [3.05, 3.63) is 76.8 Å². The molecule has 4 rings (SSSR count).